The molecule has 1 aliphatic heterocycles. The van der Waals surface area contributed by atoms with Crippen LogP contribution in [0.3, 0.4) is 0 Å². The molecule has 2 heteroatoms. The van der Waals surface area contributed by atoms with E-state index in [4.69, 9.17) is 10.5 Å². The van der Waals surface area contributed by atoms with E-state index >= 15 is 0 Å². The van der Waals surface area contributed by atoms with Gasteiger partial charge in [0, 0.05) is 12.6 Å². The molecule has 1 heterocycles. The van der Waals surface area contributed by atoms with E-state index in [1.54, 1.807) is 0 Å². The number of allylic oxidation sites excluding steroid dienone is 1. The molecule has 2 unspecified atom stereocenters. The quantitative estimate of drug-likeness (QED) is 0.490. The molecule has 1 saturated heterocycles. The van der Waals surface area contributed by atoms with Crippen LogP contribution >= 0.6 is 0 Å². The van der Waals surface area contributed by atoms with Crippen molar-refractivity contribution in [2.75, 3.05) is 6.61 Å². The summed E-state index contributed by atoms with van der Waals surface area (Å²) in [7, 11) is 0. The lowest BCUT2D eigenvalue weighted by Crippen LogP contribution is -2.25. The fourth-order valence-electron chi connectivity index (χ4n) is 2.45. The number of rotatable bonds is 9. The van der Waals surface area contributed by atoms with Crippen molar-refractivity contribution < 1.29 is 4.74 Å². The largest absolute Gasteiger partial charge is 0.378 e. The number of nitrogens with two attached hydrogens (primary N) is 1. The molecule has 0 spiro atoms. The fraction of sp³-hybridized carbons (Fsp3) is 0.867. The third-order valence-electron chi connectivity index (χ3n) is 3.62. The zero-order valence-corrected chi connectivity index (χ0v) is 11.2. The maximum atomic E-state index is 6.13. The molecule has 0 aromatic carbocycles. The van der Waals surface area contributed by atoms with Crippen molar-refractivity contribution in [3.63, 3.8) is 0 Å². The van der Waals surface area contributed by atoms with E-state index in [9.17, 15) is 0 Å². The highest BCUT2D eigenvalue weighted by atomic mass is 16.5. The number of ether oxygens (including phenoxy) is 1. The third-order valence-corrected chi connectivity index (χ3v) is 3.62. The van der Waals surface area contributed by atoms with Crippen molar-refractivity contribution in [3.05, 3.63) is 12.7 Å². The summed E-state index contributed by atoms with van der Waals surface area (Å²) in [5.41, 5.74) is 6.13. The molecular weight excluding hydrogens is 210 g/mol. The molecule has 1 rings (SSSR count). The van der Waals surface area contributed by atoms with E-state index in [2.05, 4.69) is 6.58 Å². The van der Waals surface area contributed by atoms with Crippen LogP contribution in [0.2, 0.25) is 0 Å². The molecule has 0 aromatic heterocycles. The van der Waals surface area contributed by atoms with Crippen molar-refractivity contribution >= 4 is 0 Å². The van der Waals surface area contributed by atoms with Crippen molar-refractivity contribution in [2.45, 2.75) is 76.4 Å². The van der Waals surface area contributed by atoms with Gasteiger partial charge in [-0.3, -0.25) is 0 Å². The molecule has 0 bridgehead atoms. The Kier molecular flexibility index (Phi) is 8.37. The molecule has 2 nitrogen and oxygen atoms in total. The molecule has 17 heavy (non-hydrogen) atoms. The normalized spacial score (nSPS) is 22.3. The van der Waals surface area contributed by atoms with Gasteiger partial charge >= 0.3 is 0 Å². The summed E-state index contributed by atoms with van der Waals surface area (Å²) in [6.07, 6.45) is 14.7. The number of hydrogen-bond donors (Lipinski definition) is 1. The first-order valence-corrected chi connectivity index (χ1v) is 7.31. The highest BCUT2D eigenvalue weighted by molar-refractivity contribution is 4.70. The third kappa shape index (κ3) is 7.56. The topological polar surface area (TPSA) is 35.2 Å². The Morgan fingerprint density at radius 2 is 2.12 bits per heavy atom. The van der Waals surface area contributed by atoms with Crippen LogP contribution in [0.15, 0.2) is 12.7 Å². The second-order valence-electron chi connectivity index (χ2n) is 5.25. The zero-order chi connectivity index (χ0) is 12.3. The molecule has 0 saturated carbocycles. The summed E-state index contributed by atoms with van der Waals surface area (Å²) in [4.78, 5) is 0. The van der Waals surface area contributed by atoms with E-state index in [0.29, 0.717) is 12.1 Å². The first-order valence-electron chi connectivity index (χ1n) is 7.31. The summed E-state index contributed by atoms with van der Waals surface area (Å²) in [6.45, 7) is 4.70. The maximum absolute atomic E-state index is 6.13. The van der Waals surface area contributed by atoms with Crippen molar-refractivity contribution in [2.24, 2.45) is 5.73 Å². The van der Waals surface area contributed by atoms with Crippen LogP contribution in [0.1, 0.15) is 64.2 Å². The lowest BCUT2D eigenvalue weighted by Gasteiger charge is -2.23. The summed E-state index contributed by atoms with van der Waals surface area (Å²) in [5.74, 6) is 0. The summed E-state index contributed by atoms with van der Waals surface area (Å²) in [6, 6.07) is 0.379. The van der Waals surface area contributed by atoms with Gasteiger partial charge in [0.2, 0.25) is 0 Å². The molecule has 0 radical (unpaired) electrons. The van der Waals surface area contributed by atoms with E-state index in [1.165, 1.54) is 44.9 Å². The van der Waals surface area contributed by atoms with E-state index in [1.807, 2.05) is 6.08 Å². The van der Waals surface area contributed by atoms with Crippen molar-refractivity contribution in [3.8, 4) is 0 Å². The SMILES string of the molecule is C=CCCCCCC(N)CCC1CCCCO1. The zero-order valence-electron chi connectivity index (χ0n) is 11.2. The predicted octanol–water partition coefficient (Wildman–Crippen LogP) is 3.80. The molecule has 1 fully saturated rings. The average Bonchev–Trinajstić information content (AvgIpc) is 2.37. The van der Waals surface area contributed by atoms with E-state index in [-0.39, 0.29) is 0 Å². The van der Waals surface area contributed by atoms with Gasteiger partial charge in [0.25, 0.3) is 0 Å². The molecule has 1 aliphatic rings. The predicted molar refractivity (Wildman–Crippen MR) is 74.1 cm³/mol. The van der Waals surface area contributed by atoms with Gasteiger partial charge < -0.3 is 10.5 Å². The molecule has 0 amide bonds. The Hall–Kier alpha value is -0.340. The van der Waals surface area contributed by atoms with Gasteiger partial charge in [-0.05, 0) is 51.4 Å². The lowest BCUT2D eigenvalue weighted by atomic mass is 9.99. The second kappa shape index (κ2) is 9.67. The number of unbranched alkanes of at least 4 members (excludes halogenated alkanes) is 3. The van der Waals surface area contributed by atoms with E-state index < -0.39 is 0 Å². The molecule has 0 aliphatic carbocycles. The smallest absolute Gasteiger partial charge is 0.0575 e. The van der Waals surface area contributed by atoms with Crippen LogP contribution in [0.25, 0.3) is 0 Å². The minimum absolute atomic E-state index is 0.379. The Morgan fingerprint density at radius 3 is 2.82 bits per heavy atom. The first kappa shape index (κ1) is 14.7. The van der Waals surface area contributed by atoms with Gasteiger partial charge in [0.05, 0.1) is 6.10 Å². The first-order chi connectivity index (χ1) is 8.33. The van der Waals surface area contributed by atoms with E-state index in [0.717, 1.165) is 25.9 Å². The van der Waals surface area contributed by atoms with Gasteiger partial charge in [-0.15, -0.1) is 6.58 Å². The Labute approximate surface area is 107 Å². The van der Waals surface area contributed by atoms with Gasteiger partial charge in [0.1, 0.15) is 0 Å². The van der Waals surface area contributed by atoms with Gasteiger partial charge in [0.15, 0.2) is 0 Å². The fourth-order valence-corrected chi connectivity index (χ4v) is 2.45. The molecular formula is C15H29NO. The molecule has 2 atom stereocenters. The van der Waals surface area contributed by atoms with Crippen LogP contribution in [0.4, 0.5) is 0 Å². The highest BCUT2D eigenvalue weighted by Gasteiger charge is 2.14. The minimum atomic E-state index is 0.379. The summed E-state index contributed by atoms with van der Waals surface area (Å²) in [5, 5.41) is 0. The standard InChI is InChI=1S/C15H29NO/c1-2-3-4-5-6-9-14(16)11-12-15-10-7-8-13-17-15/h2,14-15H,1,3-13,16H2. The van der Waals surface area contributed by atoms with Crippen LogP contribution in [0.5, 0.6) is 0 Å². The second-order valence-corrected chi connectivity index (χ2v) is 5.25. The van der Waals surface area contributed by atoms with Gasteiger partial charge in [-0.1, -0.05) is 18.9 Å². The maximum Gasteiger partial charge on any atom is 0.0575 e. The molecule has 100 valence electrons. The minimum Gasteiger partial charge on any atom is -0.378 e. The molecule has 0 aromatic rings. The van der Waals surface area contributed by atoms with Crippen LogP contribution in [0, 0.1) is 0 Å². The van der Waals surface area contributed by atoms with Gasteiger partial charge in [-0.2, -0.15) is 0 Å². The Bertz CT molecular complexity index is 187. The van der Waals surface area contributed by atoms with Crippen LogP contribution in [-0.4, -0.2) is 18.8 Å². The van der Waals surface area contributed by atoms with Crippen LogP contribution in [-0.2, 0) is 4.74 Å². The Morgan fingerprint density at radius 1 is 1.24 bits per heavy atom. The summed E-state index contributed by atoms with van der Waals surface area (Å²) >= 11 is 0. The van der Waals surface area contributed by atoms with Gasteiger partial charge in [-0.25, -0.2) is 0 Å². The summed E-state index contributed by atoms with van der Waals surface area (Å²) < 4.78 is 5.72. The Balaban J connectivity index is 1.92. The molecule has 2 N–H and O–H groups in total. The van der Waals surface area contributed by atoms with Crippen molar-refractivity contribution in [1.82, 2.24) is 0 Å². The number of hydrogen-bond acceptors (Lipinski definition) is 2. The average molecular weight is 239 g/mol. The van der Waals surface area contributed by atoms with Crippen molar-refractivity contribution in [1.29, 1.82) is 0 Å². The van der Waals surface area contributed by atoms with Crippen LogP contribution < -0.4 is 5.73 Å². The highest BCUT2D eigenvalue weighted by Crippen LogP contribution is 2.18. The lowest BCUT2D eigenvalue weighted by molar-refractivity contribution is 0.00901. The monoisotopic (exact) mass is 239 g/mol.